The minimum absolute atomic E-state index is 0.732. The first-order chi connectivity index (χ1) is 12.0. The Kier molecular flexibility index (Phi) is 4.07. The van der Waals surface area contributed by atoms with Crippen molar-refractivity contribution in [3.05, 3.63) is 58.8 Å². The summed E-state index contributed by atoms with van der Waals surface area (Å²) in [4.78, 5) is 4.77. The monoisotopic (exact) mass is 331 g/mol. The summed E-state index contributed by atoms with van der Waals surface area (Å²) >= 11 is 0. The number of rotatable bonds is 2. The van der Waals surface area contributed by atoms with Gasteiger partial charge in [-0.15, -0.1) is 0 Å². The molecule has 0 unspecified atom stereocenters. The van der Waals surface area contributed by atoms with Crippen LogP contribution < -0.4 is 4.57 Å². The molecule has 0 spiro atoms. The minimum Gasteiger partial charge on any atom is -0.243 e. The topological polar surface area (TPSA) is 16.8 Å². The van der Waals surface area contributed by atoms with Gasteiger partial charge in [0.2, 0.25) is 11.2 Å². The van der Waals surface area contributed by atoms with Crippen molar-refractivity contribution in [2.45, 2.75) is 52.4 Å². The first-order valence-corrected chi connectivity index (χ1v) is 9.41. The number of fused-ring (bicyclic) bond motifs is 1. The van der Waals surface area contributed by atoms with Gasteiger partial charge in [0.15, 0.2) is 0 Å². The zero-order chi connectivity index (χ0) is 17.6. The van der Waals surface area contributed by atoms with Gasteiger partial charge in [-0.3, -0.25) is 0 Å². The molecule has 0 aliphatic heterocycles. The lowest BCUT2D eigenvalue weighted by Crippen LogP contribution is -2.33. The Morgan fingerprint density at radius 1 is 1.00 bits per heavy atom. The molecule has 1 fully saturated rings. The highest BCUT2D eigenvalue weighted by molar-refractivity contribution is 5.74. The smallest absolute Gasteiger partial charge is 0.231 e. The molecule has 2 heteroatoms. The van der Waals surface area contributed by atoms with Crippen LogP contribution in [0.3, 0.4) is 0 Å². The molecule has 0 bridgehead atoms. The van der Waals surface area contributed by atoms with Gasteiger partial charge in [-0.2, -0.15) is 4.57 Å². The summed E-state index contributed by atoms with van der Waals surface area (Å²) in [6.45, 7) is 6.57. The Labute approximate surface area is 150 Å². The maximum Gasteiger partial charge on any atom is 0.231 e. The standard InChI is InChI=1S/C23H27N2/c1-15-11-16(2)17(3)20(12-15)23-14-24-21-10-9-19(13-22(21)25(23)4)18-7-5-6-8-18/h9-14,18H,5-8H2,1-4H3/q+1. The zero-order valence-electron chi connectivity index (χ0n) is 15.8. The maximum atomic E-state index is 4.77. The summed E-state index contributed by atoms with van der Waals surface area (Å²) in [6.07, 6.45) is 7.43. The highest BCUT2D eigenvalue weighted by atomic mass is 15.0. The summed E-state index contributed by atoms with van der Waals surface area (Å²) in [5, 5.41) is 0. The van der Waals surface area contributed by atoms with Crippen molar-refractivity contribution in [3.8, 4) is 11.3 Å². The largest absolute Gasteiger partial charge is 0.243 e. The third-order valence-corrected chi connectivity index (χ3v) is 5.96. The third-order valence-electron chi connectivity index (χ3n) is 5.96. The number of benzene rings is 2. The van der Waals surface area contributed by atoms with Crippen molar-refractivity contribution in [1.29, 1.82) is 0 Å². The molecule has 128 valence electrons. The van der Waals surface area contributed by atoms with Gasteiger partial charge >= 0.3 is 0 Å². The second kappa shape index (κ2) is 6.25. The molecule has 0 amide bonds. The lowest BCUT2D eigenvalue weighted by molar-refractivity contribution is -0.634. The van der Waals surface area contributed by atoms with Crippen molar-refractivity contribution in [1.82, 2.24) is 4.98 Å². The minimum atomic E-state index is 0.732. The first-order valence-electron chi connectivity index (χ1n) is 9.41. The maximum absolute atomic E-state index is 4.77. The van der Waals surface area contributed by atoms with Crippen molar-refractivity contribution in [3.63, 3.8) is 0 Å². The summed E-state index contributed by atoms with van der Waals surface area (Å²) < 4.78 is 2.32. The molecule has 0 radical (unpaired) electrons. The molecule has 1 heterocycles. The molecule has 2 aromatic carbocycles. The molecule has 4 rings (SSSR count). The van der Waals surface area contributed by atoms with Crippen LogP contribution in [0.4, 0.5) is 0 Å². The number of hydrogen-bond donors (Lipinski definition) is 0. The van der Waals surface area contributed by atoms with Crippen LogP contribution in [0.2, 0.25) is 0 Å². The van der Waals surface area contributed by atoms with Gasteiger partial charge < -0.3 is 0 Å². The Bertz CT molecular complexity index is 950. The molecule has 3 aromatic rings. The van der Waals surface area contributed by atoms with Crippen LogP contribution in [0, 0.1) is 20.8 Å². The molecule has 1 aliphatic rings. The molecule has 0 saturated heterocycles. The highest BCUT2D eigenvalue weighted by Crippen LogP contribution is 2.35. The number of hydrogen-bond acceptors (Lipinski definition) is 1. The predicted molar refractivity (Wildman–Crippen MR) is 104 cm³/mol. The van der Waals surface area contributed by atoms with E-state index in [1.165, 1.54) is 64.7 Å². The van der Waals surface area contributed by atoms with Crippen molar-refractivity contribution in [2.75, 3.05) is 0 Å². The Morgan fingerprint density at radius 3 is 2.52 bits per heavy atom. The van der Waals surface area contributed by atoms with E-state index < -0.39 is 0 Å². The molecule has 1 aliphatic carbocycles. The van der Waals surface area contributed by atoms with Crippen LogP contribution in [-0.2, 0) is 7.05 Å². The molecule has 0 N–H and O–H groups in total. The Hall–Kier alpha value is -2.22. The van der Waals surface area contributed by atoms with Crippen molar-refractivity contribution < 1.29 is 4.57 Å². The van der Waals surface area contributed by atoms with E-state index in [0.717, 1.165) is 11.4 Å². The predicted octanol–water partition coefficient (Wildman–Crippen LogP) is 5.31. The normalized spacial score (nSPS) is 15.2. The van der Waals surface area contributed by atoms with E-state index in [1.54, 1.807) is 0 Å². The van der Waals surface area contributed by atoms with Crippen molar-refractivity contribution in [2.24, 2.45) is 7.05 Å². The summed E-state index contributed by atoms with van der Waals surface area (Å²) in [5.74, 6) is 0.732. The van der Waals surface area contributed by atoms with Gasteiger partial charge in [-0.25, -0.2) is 4.98 Å². The summed E-state index contributed by atoms with van der Waals surface area (Å²) in [5.41, 5.74) is 10.3. The van der Waals surface area contributed by atoms with E-state index in [2.05, 4.69) is 62.7 Å². The van der Waals surface area contributed by atoms with Crippen LogP contribution >= 0.6 is 0 Å². The molecular formula is C23H27N2+. The quantitative estimate of drug-likeness (QED) is 0.582. The summed E-state index contributed by atoms with van der Waals surface area (Å²) in [6, 6.07) is 11.4. The van der Waals surface area contributed by atoms with Gasteiger partial charge in [0.1, 0.15) is 18.8 Å². The van der Waals surface area contributed by atoms with Crippen LogP contribution in [0.5, 0.6) is 0 Å². The number of nitrogens with zero attached hydrogens (tertiary/aromatic N) is 2. The van der Waals surface area contributed by atoms with Gasteiger partial charge in [-0.1, -0.05) is 30.5 Å². The number of aryl methyl sites for hydroxylation is 3. The third kappa shape index (κ3) is 2.84. The summed E-state index contributed by atoms with van der Waals surface area (Å²) in [7, 11) is 2.18. The molecule has 25 heavy (non-hydrogen) atoms. The fraction of sp³-hybridized carbons (Fsp3) is 0.391. The van der Waals surface area contributed by atoms with E-state index in [9.17, 15) is 0 Å². The lowest BCUT2D eigenvalue weighted by atomic mass is 9.96. The van der Waals surface area contributed by atoms with Crippen LogP contribution in [0.1, 0.15) is 53.9 Å². The first kappa shape index (κ1) is 16.3. The van der Waals surface area contributed by atoms with Gasteiger partial charge in [-0.05, 0) is 68.4 Å². The fourth-order valence-electron chi connectivity index (χ4n) is 4.33. The molecule has 1 saturated carbocycles. The molecule has 1 aromatic heterocycles. The zero-order valence-corrected chi connectivity index (χ0v) is 15.8. The second-order valence-electron chi connectivity index (χ2n) is 7.69. The Morgan fingerprint density at radius 2 is 1.76 bits per heavy atom. The van der Waals surface area contributed by atoms with E-state index >= 15 is 0 Å². The average Bonchev–Trinajstić information content (AvgIpc) is 3.13. The van der Waals surface area contributed by atoms with E-state index in [-0.39, 0.29) is 0 Å². The van der Waals surface area contributed by atoms with Crippen LogP contribution in [0.25, 0.3) is 22.3 Å². The fourth-order valence-corrected chi connectivity index (χ4v) is 4.33. The average molecular weight is 331 g/mol. The van der Waals surface area contributed by atoms with E-state index in [1.807, 2.05) is 6.20 Å². The molecular weight excluding hydrogens is 304 g/mol. The van der Waals surface area contributed by atoms with Gasteiger partial charge in [0.25, 0.3) is 0 Å². The molecule has 2 nitrogen and oxygen atoms in total. The Balaban J connectivity index is 1.90. The SMILES string of the molecule is Cc1cc(C)c(C)c(-c2cnc3ccc(C4CCCC4)cc3[n+]2C)c1. The van der Waals surface area contributed by atoms with Crippen LogP contribution in [-0.4, -0.2) is 4.98 Å². The van der Waals surface area contributed by atoms with E-state index in [4.69, 9.17) is 4.98 Å². The van der Waals surface area contributed by atoms with Crippen LogP contribution in [0.15, 0.2) is 36.5 Å². The second-order valence-corrected chi connectivity index (χ2v) is 7.69. The lowest BCUT2D eigenvalue weighted by Gasteiger charge is -2.12. The van der Waals surface area contributed by atoms with Gasteiger partial charge in [0.05, 0.1) is 5.56 Å². The van der Waals surface area contributed by atoms with E-state index in [0.29, 0.717) is 0 Å². The molecule has 0 atom stereocenters. The van der Waals surface area contributed by atoms with Gasteiger partial charge in [0, 0.05) is 6.07 Å². The van der Waals surface area contributed by atoms with Crippen molar-refractivity contribution >= 4 is 11.0 Å². The number of aromatic nitrogens is 2. The highest BCUT2D eigenvalue weighted by Gasteiger charge is 2.21.